The molecule has 0 amide bonds. The lowest BCUT2D eigenvalue weighted by atomic mass is 10.2. The van der Waals surface area contributed by atoms with E-state index in [0.29, 0.717) is 39.3 Å². The highest BCUT2D eigenvalue weighted by Gasteiger charge is 2.30. The van der Waals surface area contributed by atoms with E-state index in [-0.39, 0.29) is 15.6 Å². The summed E-state index contributed by atoms with van der Waals surface area (Å²) in [6.45, 7) is 2.58. The fraction of sp³-hybridized carbons (Fsp3) is 0.400. The van der Waals surface area contributed by atoms with Crippen LogP contribution in [0.25, 0.3) is 0 Å². The molecule has 0 radical (unpaired) electrons. The van der Waals surface area contributed by atoms with Gasteiger partial charge in [-0.1, -0.05) is 0 Å². The first-order valence-corrected chi connectivity index (χ1v) is 12.8. The van der Waals surface area contributed by atoms with Gasteiger partial charge in [0, 0.05) is 45.0 Å². The minimum atomic E-state index is -3.72. The van der Waals surface area contributed by atoms with Gasteiger partial charge in [-0.15, -0.1) is 0 Å². The van der Waals surface area contributed by atoms with Gasteiger partial charge in [-0.2, -0.15) is 8.61 Å². The van der Waals surface area contributed by atoms with Crippen LogP contribution in [0.15, 0.2) is 58.3 Å². The van der Waals surface area contributed by atoms with Gasteiger partial charge in [0.2, 0.25) is 20.0 Å². The first-order chi connectivity index (χ1) is 14.3. The van der Waals surface area contributed by atoms with E-state index in [4.69, 9.17) is 0 Å². The fourth-order valence-electron chi connectivity index (χ4n) is 3.85. The van der Waals surface area contributed by atoms with E-state index in [1.54, 1.807) is 12.1 Å². The summed E-state index contributed by atoms with van der Waals surface area (Å²) in [5.74, 6) is -0.310. The molecule has 0 aliphatic carbocycles. The summed E-state index contributed by atoms with van der Waals surface area (Å²) in [6, 6.07) is 11.6. The molecule has 0 N–H and O–H groups in total. The number of halogens is 1. The van der Waals surface area contributed by atoms with Crippen molar-refractivity contribution in [2.75, 3.05) is 44.2 Å². The van der Waals surface area contributed by atoms with Crippen molar-refractivity contribution >= 4 is 25.7 Å². The van der Waals surface area contributed by atoms with Crippen LogP contribution in [0.1, 0.15) is 12.8 Å². The molecule has 2 aliphatic rings. The average Bonchev–Trinajstić information content (AvgIpc) is 3.30. The highest BCUT2D eigenvalue weighted by atomic mass is 32.2. The van der Waals surface area contributed by atoms with Crippen LogP contribution < -0.4 is 4.90 Å². The normalized spacial score (nSPS) is 19.3. The third-order valence-corrected chi connectivity index (χ3v) is 9.42. The minimum absolute atomic E-state index is 0.0816. The van der Waals surface area contributed by atoms with Gasteiger partial charge in [0.1, 0.15) is 5.82 Å². The summed E-state index contributed by atoms with van der Waals surface area (Å²) in [5, 5.41) is 0. The second kappa shape index (κ2) is 8.26. The third kappa shape index (κ3) is 4.09. The molecule has 0 aromatic heterocycles. The first kappa shape index (κ1) is 21.2. The molecule has 7 nitrogen and oxygen atoms in total. The van der Waals surface area contributed by atoms with Gasteiger partial charge in [-0.05, 0) is 61.4 Å². The number of hydrogen-bond donors (Lipinski definition) is 0. The van der Waals surface area contributed by atoms with Gasteiger partial charge in [-0.3, -0.25) is 0 Å². The molecule has 0 spiro atoms. The Hall–Kier alpha value is -2.01. The number of piperazine rings is 1. The number of rotatable bonds is 5. The molecule has 0 bridgehead atoms. The van der Waals surface area contributed by atoms with Crippen LogP contribution in [0, 0.1) is 5.82 Å². The van der Waals surface area contributed by atoms with Gasteiger partial charge < -0.3 is 4.90 Å². The zero-order valence-corrected chi connectivity index (χ0v) is 18.1. The lowest BCUT2D eigenvalue weighted by molar-refractivity contribution is 0.385. The second-order valence-corrected chi connectivity index (χ2v) is 11.3. The fourth-order valence-corrected chi connectivity index (χ4v) is 6.79. The molecule has 0 unspecified atom stereocenters. The highest BCUT2D eigenvalue weighted by Crippen LogP contribution is 2.25. The molecule has 2 aliphatic heterocycles. The van der Waals surface area contributed by atoms with Crippen LogP contribution in [0.4, 0.5) is 10.1 Å². The molecule has 0 saturated carbocycles. The summed E-state index contributed by atoms with van der Waals surface area (Å²) < 4.78 is 67.2. The monoisotopic (exact) mass is 453 g/mol. The van der Waals surface area contributed by atoms with Crippen molar-refractivity contribution in [3.63, 3.8) is 0 Å². The molecule has 2 heterocycles. The number of hydrogen-bond acceptors (Lipinski definition) is 5. The maximum absolute atomic E-state index is 13.1. The van der Waals surface area contributed by atoms with Crippen molar-refractivity contribution in [2.24, 2.45) is 0 Å². The van der Waals surface area contributed by atoms with E-state index in [0.717, 1.165) is 18.5 Å². The van der Waals surface area contributed by atoms with Crippen LogP contribution in [0.5, 0.6) is 0 Å². The number of anilines is 1. The Labute approximate surface area is 176 Å². The van der Waals surface area contributed by atoms with Crippen molar-refractivity contribution in [1.29, 1.82) is 0 Å². The molecule has 10 heteroatoms. The summed E-state index contributed by atoms with van der Waals surface area (Å²) in [7, 11) is -7.29. The predicted octanol–water partition coefficient (Wildman–Crippen LogP) is 2.12. The smallest absolute Gasteiger partial charge is 0.243 e. The Bertz CT molecular complexity index is 1090. The van der Waals surface area contributed by atoms with E-state index in [2.05, 4.69) is 0 Å². The lowest BCUT2D eigenvalue weighted by Gasteiger charge is -2.35. The average molecular weight is 454 g/mol. The highest BCUT2D eigenvalue weighted by molar-refractivity contribution is 7.89. The summed E-state index contributed by atoms with van der Waals surface area (Å²) in [4.78, 5) is 2.21. The summed E-state index contributed by atoms with van der Waals surface area (Å²) in [5.41, 5.74) is 0.852. The SMILES string of the molecule is O=S(=O)(c1ccc(S(=O)(=O)N2CCN(c3ccc(F)cc3)CC2)cc1)N1CCCC1. The Kier molecular flexibility index (Phi) is 5.84. The van der Waals surface area contributed by atoms with E-state index in [1.807, 2.05) is 4.90 Å². The van der Waals surface area contributed by atoms with Gasteiger partial charge >= 0.3 is 0 Å². The van der Waals surface area contributed by atoms with Crippen molar-refractivity contribution in [3.8, 4) is 0 Å². The minimum Gasteiger partial charge on any atom is -0.369 e. The lowest BCUT2D eigenvalue weighted by Crippen LogP contribution is -2.48. The zero-order valence-electron chi connectivity index (χ0n) is 16.4. The van der Waals surface area contributed by atoms with Crippen LogP contribution in [0.2, 0.25) is 0 Å². The number of benzene rings is 2. The molecule has 2 saturated heterocycles. The van der Waals surface area contributed by atoms with Crippen molar-refractivity contribution in [3.05, 3.63) is 54.3 Å². The van der Waals surface area contributed by atoms with Crippen LogP contribution in [0.3, 0.4) is 0 Å². The molecule has 4 rings (SSSR count). The van der Waals surface area contributed by atoms with E-state index in [9.17, 15) is 21.2 Å². The standard InChI is InChI=1S/C20H24FN3O4S2/c21-17-3-5-18(6-4-17)22-13-15-24(16-14-22)30(27,28)20-9-7-19(8-10-20)29(25,26)23-11-1-2-12-23/h3-10H,1-2,11-16H2. The summed E-state index contributed by atoms with van der Waals surface area (Å²) in [6.07, 6.45) is 1.69. The van der Waals surface area contributed by atoms with Gasteiger partial charge in [0.15, 0.2) is 0 Å². The van der Waals surface area contributed by atoms with Crippen LogP contribution in [-0.2, 0) is 20.0 Å². The van der Waals surface area contributed by atoms with E-state index in [1.165, 1.54) is 45.0 Å². The molecule has 30 heavy (non-hydrogen) atoms. The molecular weight excluding hydrogens is 429 g/mol. The zero-order chi connectivity index (χ0) is 21.4. The maximum atomic E-state index is 13.1. The Morgan fingerprint density at radius 1 is 0.600 bits per heavy atom. The predicted molar refractivity (Wildman–Crippen MR) is 112 cm³/mol. The van der Waals surface area contributed by atoms with E-state index >= 15 is 0 Å². The number of nitrogens with zero attached hydrogens (tertiary/aromatic N) is 3. The van der Waals surface area contributed by atoms with Crippen molar-refractivity contribution < 1.29 is 21.2 Å². The molecule has 0 atom stereocenters. The van der Waals surface area contributed by atoms with Crippen LogP contribution >= 0.6 is 0 Å². The largest absolute Gasteiger partial charge is 0.369 e. The van der Waals surface area contributed by atoms with E-state index < -0.39 is 20.0 Å². The maximum Gasteiger partial charge on any atom is 0.243 e. The van der Waals surface area contributed by atoms with Crippen LogP contribution in [-0.4, -0.2) is 64.7 Å². The topological polar surface area (TPSA) is 78.0 Å². The first-order valence-electron chi connectivity index (χ1n) is 9.89. The van der Waals surface area contributed by atoms with Gasteiger partial charge in [-0.25, -0.2) is 21.2 Å². The van der Waals surface area contributed by atoms with Crippen molar-refractivity contribution in [1.82, 2.24) is 8.61 Å². The molecular formula is C20H24FN3O4S2. The Morgan fingerprint density at radius 2 is 1.03 bits per heavy atom. The third-order valence-electron chi connectivity index (χ3n) is 5.59. The Morgan fingerprint density at radius 3 is 1.50 bits per heavy atom. The van der Waals surface area contributed by atoms with Gasteiger partial charge in [0.25, 0.3) is 0 Å². The number of sulfonamides is 2. The molecule has 162 valence electrons. The van der Waals surface area contributed by atoms with Gasteiger partial charge in [0.05, 0.1) is 9.79 Å². The molecule has 2 aromatic carbocycles. The second-order valence-electron chi connectivity index (χ2n) is 7.45. The molecule has 2 aromatic rings. The summed E-state index contributed by atoms with van der Waals surface area (Å²) >= 11 is 0. The Balaban J connectivity index is 1.45. The molecule has 2 fully saturated rings. The van der Waals surface area contributed by atoms with Crippen molar-refractivity contribution in [2.45, 2.75) is 22.6 Å². The quantitative estimate of drug-likeness (QED) is 0.693.